The second kappa shape index (κ2) is 6.94. The van der Waals surface area contributed by atoms with Crippen molar-refractivity contribution >= 4 is 22.9 Å². The maximum atomic E-state index is 12.4. The summed E-state index contributed by atoms with van der Waals surface area (Å²) < 4.78 is 7.08. The topological polar surface area (TPSA) is 69.0 Å². The van der Waals surface area contributed by atoms with Gasteiger partial charge in [0.05, 0.1) is 29.8 Å². The van der Waals surface area contributed by atoms with E-state index >= 15 is 0 Å². The van der Waals surface area contributed by atoms with Crippen molar-refractivity contribution in [3.05, 3.63) is 58.1 Å². The quantitative estimate of drug-likeness (QED) is 0.772. The van der Waals surface area contributed by atoms with E-state index in [1.54, 1.807) is 18.9 Å². The van der Waals surface area contributed by atoms with Crippen molar-refractivity contribution in [2.75, 3.05) is 12.4 Å². The van der Waals surface area contributed by atoms with E-state index in [9.17, 15) is 4.79 Å². The van der Waals surface area contributed by atoms with Crippen LogP contribution in [-0.4, -0.2) is 27.6 Å². The lowest BCUT2D eigenvalue weighted by Gasteiger charge is -2.08. The Kier molecular flexibility index (Phi) is 4.73. The SMILES string of the molecule is COCc1ncsc1C(=O)Nc1ccc(-n2cnc(C)c2C)cc1. The van der Waals surface area contributed by atoms with Gasteiger partial charge in [0.2, 0.25) is 0 Å². The Morgan fingerprint density at radius 1 is 1.25 bits per heavy atom. The van der Waals surface area contributed by atoms with Crippen molar-refractivity contribution in [2.24, 2.45) is 0 Å². The first-order valence-electron chi connectivity index (χ1n) is 7.43. The summed E-state index contributed by atoms with van der Waals surface area (Å²) in [5.74, 6) is -0.174. The number of aromatic nitrogens is 3. The molecule has 0 aliphatic carbocycles. The zero-order valence-electron chi connectivity index (χ0n) is 13.7. The van der Waals surface area contributed by atoms with E-state index in [0.29, 0.717) is 17.2 Å². The van der Waals surface area contributed by atoms with Crippen LogP contribution in [-0.2, 0) is 11.3 Å². The number of benzene rings is 1. The van der Waals surface area contributed by atoms with Crippen LogP contribution in [0.1, 0.15) is 26.8 Å². The van der Waals surface area contributed by atoms with Crippen LogP contribution >= 0.6 is 11.3 Å². The van der Waals surface area contributed by atoms with Crippen LogP contribution < -0.4 is 5.32 Å². The smallest absolute Gasteiger partial charge is 0.267 e. The minimum Gasteiger partial charge on any atom is -0.378 e. The van der Waals surface area contributed by atoms with Crippen LogP contribution in [0.15, 0.2) is 36.1 Å². The fourth-order valence-corrected chi connectivity index (χ4v) is 3.04. The molecule has 2 heterocycles. The normalized spacial score (nSPS) is 10.8. The monoisotopic (exact) mass is 342 g/mol. The maximum Gasteiger partial charge on any atom is 0.267 e. The van der Waals surface area contributed by atoms with Crippen LogP contribution in [0.2, 0.25) is 0 Å². The number of nitrogens with zero attached hydrogens (tertiary/aromatic N) is 3. The summed E-state index contributed by atoms with van der Waals surface area (Å²) in [6.07, 6.45) is 1.80. The van der Waals surface area contributed by atoms with E-state index in [-0.39, 0.29) is 5.91 Å². The first-order chi connectivity index (χ1) is 11.6. The molecule has 24 heavy (non-hydrogen) atoms. The van der Waals surface area contributed by atoms with Gasteiger partial charge in [0, 0.05) is 24.2 Å². The molecular formula is C17H18N4O2S. The van der Waals surface area contributed by atoms with E-state index in [0.717, 1.165) is 22.8 Å². The highest BCUT2D eigenvalue weighted by Crippen LogP contribution is 2.19. The Morgan fingerprint density at radius 2 is 2.00 bits per heavy atom. The molecule has 1 amide bonds. The number of ether oxygens (including phenoxy) is 1. The van der Waals surface area contributed by atoms with Crippen LogP contribution in [0.25, 0.3) is 5.69 Å². The summed E-state index contributed by atoms with van der Waals surface area (Å²) in [5.41, 5.74) is 6.14. The molecule has 6 nitrogen and oxygen atoms in total. The molecule has 0 aliphatic rings. The van der Waals surface area contributed by atoms with Gasteiger partial charge in [0.1, 0.15) is 4.88 Å². The lowest BCUT2D eigenvalue weighted by atomic mass is 10.2. The zero-order valence-corrected chi connectivity index (χ0v) is 14.6. The first kappa shape index (κ1) is 16.4. The molecule has 7 heteroatoms. The molecule has 1 N–H and O–H groups in total. The van der Waals surface area contributed by atoms with E-state index in [4.69, 9.17) is 4.74 Å². The Hall–Kier alpha value is -2.51. The largest absolute Gasteiger partial charge is 0.378 e. The third-order valence-electron chi connectivity index (χ3n) is 3.78. The number of hydrogen-bond donors (Lipinski definition) is 1. The number of amides is 1. The molecule has 3 aromatic rings. The van der Waals surface area contributed by atoms with Crippen molar-refractivity contribution in [2.45, 2.75) is 20.5 Å². The predicted octanol–water partition coefficient (Wildman–Crippen LogP) is 3.34. The third-order valence-corrected chi connectivity index (χ3v) is 4.65. The average molecular weight is 342 g/mol. The van der Waals surface area contributed by atoms with Crippen molar-refractivity contribution < 1.29 is 9.53 Å². The van der Waals surface area contributed by atoms with Gasteiger partial charge in [-0.05, 0) is 38.1 Å². The number of hydrogen-bond acceptors (Lipinski definition) is 5. The predicted molar refractivity (Wildman–Crippen MR) is 93.8 cm³/mol. The number of methoxy groups -OCH3 is 1. The van der Waals surface area contributed by atoms with Gasteiger partial charge in [0.15, 0.2) is 0 Å². The van der Waals surface area contributed by atoms with Crippen LogP contribution in [0.5, 0.6) is 0 Å². The molecule has 0 saturated heterocycles. The maximum absolute atomic E-state index is 12.4. The molecular weight excluding hydrogens is 324 g/mol. The van der Waals surface area contributed by atoms with Gasteiger partial charge < -0.3 is 14.6 Å². The van der Waals surface area contributed by atoms with E-state index in [1.165, 1.54) is 11.3 Å². The Balaban J connectivity index is 1.75. The first-order valence-corrected chi connectivity index (χ1v) is 8.31. The summed E-state index contributed by atoms with van der Waals surface area (Å²) in [4.78, 5) is 21.4. The van der Waals surface area contributed by atoms with Crippen LogP contribution in [0.3, 0.4) is 0 Å². The summed E-state index contributed by atoms with van der Waals surface area (Å²) in [6, 6.07) is 7.65. The van der Waals surface area contributed by atoms with E-state index in [2.05, 4.69) is 15.3 Å². The third kappa shape index (κ3) is 3.22. The summed E-state index contributed by atoms with van der Waals surface area (Å²) in [6.45, 7) is 4.33. The Bertz CT molecular complexity index is 852. The number of thiazole rings is 1. The van der Waals surface area contributed by atoms with Crippen molar-refractivity contribution in [1.82, 2.24) is 14.5 Å². The lowest BCUT2D eigenvalue weighted by Crippen LogP contribution is -2.12. The van der Waals surface area contributed by atoms with Gasteiger partial charge in [0.25, 0.3) is 5.91 Å². The molecule has 0 aliphatic heterocycles. The van der Waals surface area contributed by atoms with E-state index in [1.807, 2.05) is 42.7 Å². The molecule has 0 atom stereocenters. The van der Waals surface area contributed by atoms with Gasteiger partial charge in [-0.15, -0.1) is 11.3 Å². The molecule has 0 spiro atoms. The van der Waals surface area contributed by atoms with Crippen molar-refractivity contribution in [3.8, 4) is 5.69 Å². The zero-order chi connectivity index (χ0) is 17.1. The summed E-state index contributed by atoms with van der Waals surface area (Å²) >= 11 is 1.31. The number of anilines is 1. The molecule has 0 saturated carbocycles. The number of imidazole rings is 1. The van der Waals surface area contributed by atoms with Gasteiger partial charge in [-0.3, -0.25) is 4.79 Å². The molecule has 0 fully saturated rings. The minimum absolute atomic E-state index is 0.174. The number of rotatable bonds is 5. The van der Waals surface area contributed by atoms with Gasteiger partial charge in [-0.25, -0.2) is 9.97 Å². The molecule has 124 valence electrons. The highest BCUT2D eigenvalue weighted by Gasteiger charge is 2.15. The molecule has 2 aromatic heterocycles. The van der Waals surface area contributed by atoms with Gasteiger partial charge in [-0.2, -0.15) is 0 Å². The fraction of sp³-hybridized carbons (Fsp3) is 0.235. The Labute approximate surface area is 144 Å². The van der Waals surface area contributed by atoms with Gasteiger partial charge in [-0.1, -0.05) is 0 Å². The second-order valence-electron chi connectivity index (χ2n) is 5.35. The van der Waals surface area contributed by atoms with Crippen LogP contribution in [0.4, 0.5) is 5.69 Å². The molecule has 0 bridgehead atoms. The van der Waals surface area contributed by atoms with Crippen molar-refractivity contribution in [3.63, 3.8) is 0 Å². The molecule has 1 aromatic carbocycles. The minimum atomic E-state index is -0.174. The fourth-order valence-electron chi connectivity index (χ4n) is 2.35. The standard InChI is InChI=1S/C17H18N4O2S/c1-11-12(2)21(9-18-11)14-6-4-13(5-7-14)20-17(22)16-15(8-23-3)19-10-24-16/h4-7,9-10H,8H2,1-3H3,(H,20,22). The number of carbonyl (C=O) groups is 1. The number of carbonyl (C=O) groups excluding carboxylic acids is 1. The highest BCUT2D eigenvalue weighted by atomic mass is 32.1. The lowest BCUT2D eigenvalue weighted by molar-refractivity contribution is 0.102. The molecule has 3 rings (SSSR count). The second-order valence-corrected chi connectivity index (χ2v) is 6.20. The van der Waals surface area contributed by atoms with Crippen molar-refractivity contribution in [1.29, 1.82) is 0 Å². The summed E-state index contributed by atoms with van der Waals surface area (Å²) in [7, 11) is 1.58. The Morgan fingerprint density at radius 3 is 2.62 bits per heavy atom. The molecule has 0 radical (unpaired) electrons. The molecule has 0 unspecified atom stereocenters. The highest BCUT2D eigenvalue weighted by molar-refractivity contribution is 7.12. The number of aryl methyl sites for hydroxylation is 1. The average Bonchev–Trinajstić information content (AvgIpc) is 3.17. The van der Waals surface area contributed by atoms with E-state index < -0.39 is 0 Å². The summed E-state index contributed by atoms with van der Waals surface area (Å²) in [5, 5.41) is 2.89. The van der Waals surface area contributed by atoms with Crippen LogP contribution in [0, 0.1) is 13.8 Å². The van der Waals surface area contributed by atoms with Gasteiger partial charge >= 0.3 is 0 Å². The number of nitrogens with one attached hydrogen (secondary N) is 1.